The number of hydrogen-bond acceptors (Lipinski definition) is 4. The van der Waals surface area contributed by atoms with Crippen LogP contribution in [0.5, 0.6) is 0 Å². The van der Waals surface area contributed by atoms with Gasteiger partial charge in [-0.25, -0.2) is 4.99 Å². The van der Waals surface area contributed by atoms with Crippen LogP contribution in [-0.2, 0) is 4.79 Å². The van der Waals surface area contributed by atoms with Crippen molar-refractivity contribution in [3.8, 4) is 0 Å². The predicted molar refractivity (Wildman–Crippen MR) is 121 cm³/mol. The molecule has 2 aromatic carbocycles. The van der Waals surface area contributed by atoms with Crippen LogP contribution in [0.2, 0.25) is 5.02 Å². The Balaban J connectivity index is 1.88. The second kappa shape index (κ2) is 10.1. The molecule has 174 valence electrons. The lowest BCUT2D eigenvalue weighted by atomic mass is 10.1. The molecule has 0 spiro atoms. The Kier molecular flexibility index (Phi) is 7.43. The minimum atomic E-state index is -4.72. The second-order valence-corrected chi connectivity index (χ2v) is 7.97. The van der Waals surface area contributed by atoms with Crippen LogP contribution in [-0.4, -0.2) is 47.7 Å². The summed E-state index contributed by atoms with van der Waals surface area (Å²) in [5.41, 5.74) is 4.83. The molecule has 6 nitrogen and oxygen atoms in total. The van der Waals surface area contributed by atoms with Crippen molar-refractivity contribution in [3.05, 3.63) is 76.5 Å². The van der Waals surface area contributed by atoms with Crippen molar-refractivity contribution in [3.63, 3.8) is 0 Å². The molecular weight excluding hydrogens is 457 g/mol. The minimum Gasteiger partial charge on any atom is -0.395 e. The normalized spacial score (nSPS) is 17.2. The van der Waals surface area contributed by atoms with Crippen molar-refractivity contribution < 1.29 is 22.8 Å². The lowest BCUT2D eigenvalue weighted by molar-refractivity contribution is -0.119. The Morgan fingerprint density at radius 1 is 1.15 bits per heavy atom. The van der Waals surface area contributed by atoms with E-state index in [0.717, 1.165) is 6.08 Å². The first-order chi connectivity index (χ1) is 15.5. The number of likely N-dealkylation sites (tertiary alicyclic amines) is 1. The molecule has 1 aliphatic rings. The Morgan fingerprint density at radius 3 is 2.39 bits per heavy atom. The molecular formula is C23H22ClF3N4O2. The van der Waals surface area contributed by atoms with Gasteiger partial charge in [-0.05, 0) is 36.8 Å². The van der Waals surface area contributed by atoms with Crippen molar-refractivity contribution in [2.75, 3.05) is 13.1 Å². The molecule has 1 heterocycles. The standard InChI is InChI=1S/C23H22ClF3N4O2/c1-14(32)29-17-10-11-31(13-17)22(33)16-8-6-15(7-9-16)20(12-21(28)23(25,26)27)30-19-5-3-2-4-18(19)24/h2-9,12,17H,10-11,13,28H2,1H3,(H,29,32). The van der Waals surface area contributed by atoms with Gasteiger partial charge in [0.25, 0.3) is 5.91 Å². The van der Waals surface area contributed by atoms with Gasteiger partial charge in [0.2, 0.25) is 5.91 Å². The fourth-order valence-electron chi connectivity index (χ4n) is 3.40. The van der Waals surface area contributed by atoms with E-state index in [0.29, 0.717) is 30.6 Å². The predicted octanol–water partition coefficient (Wildman–Crippen LogP) is 4.22. The van der Waals surface area contributed by atoms with Gasteiger partial charge < -0.3 is 16.0 Å². The van der Waals surface area contributed by atoms with Gasteiger partial charge in [0.05, 0.1) is 16.4 Å². The van der Waals surface area contributed by atoms with E-state index in [1.54, 1.807) is 29.2 Å². The van der Waals surface area contributed by atoms with E-state index < -0.39 is 11.9 Å². The van der Waals surface area contributed by atoms with Crippen LogP contribution in [0.3, 0.4) is 0 Å². The molecule has 1 saturated heterocycles. The van der Waals surface area contributed by atoms with Crippen molar-refractivity contribution in [1.82, 2.24) is 10.2 Å². The number of carbonyl (C=O) groups is 2. The number of nitrogens with two attached hydrogens (primary N) is 1. The zero-order valence-corrected chi connectivity index (χ0v) is 18.5. The third-order valence-corrected chi connectivity index (χ3v) is 5.34. The number of allylic oxidation sites excluding steroid dienone is 2. The number of nitrogens with one attached hydrogen (secondary N) is 1. The molecule has 1 aliphatic heterocycles. The highest BCUT2D eigenvalue weighted by molar-refractivity contribution is 6.33. The average Bonchev–Trinajstić information content (AvgIpc) is 3.21. The molecule has 3 N–H and O–H groups in total. The van der Waals surface area contributed by atoms with Crippen LogP contribution in [0.15, 0.2) is 65.3 Å². The Labute approximate surface area is 193 Å². The number of nitrogens with zero attached hydrogens (tertiary/aromatic N) is 2. The van der Waals surface area contributed by atoms with E-state index >= 15 is 0 Å². The van der Waals surface area contributed by atoms with Crippen molar-refractivity contribution in [2.45, 2.75) is 25.6 Å². The summed E-state index contributed by atoms with van der Waals surface area (Å²) >= 11 is 6.11. The SMILES string of the molecule is CC(=O)NC1CCN(C(=O)c2ccc(C(C=C(N)C(F)(F)F)=Nc3ccccc3Cl)cc2)C1. The third kappa shape index (κ3) is 6.35. The van der Waals surface area contributed by atoms with Gasteiger partial charge >= 0.3 is 6.18 Å². The first-order valence-electron chi connectivity index (χ1n) is 10.1. The Hall–Kier alpha value is -3.33. The van der Waals surface area contributed by atoms with Crippen LogP contribution in [0.4, 0.5) is 18.9 Å². The number of hydrogen-bond donors (Lipinski definition) is 2. The fourth-order valence-corrected chi connectivity index (χ4v) is 3.58. The van der Waals surface area contributed by atoms with E-state index in [2.05, 4.69) is 10.3 Å². The highest BCUT2D eigenvalue weighted by atomic mass is 35.5. The maximum atomic E-state index is 13.0. The van der Waals surface area contributed by atoms with Crippen molar-refractivity contribution in [1.29, 1.82) is 0 Å². The lowest BCUT2D eigenvalue weighted by Crippen LogP contribution is -2.37. The zero-order chi connectivity index (χ0) is 24.2. The van der Waals surface area contributed by atoms with E-state index in [9.17, 15) is 22.8 Å². The van der Waals surface area contributed by atoms with Crippen LogP contribution >= 0.6 is 11.6 Å². The van der Waals surface area contributed by atoms with Crippen molar-refractivity contribution >= 4 is 34.8 Å². The molecule has 0 saturated carbocycles. The van der Waals surface area contributed by atoms with Gasteiger partial charge in [-0.15, -0.1) is 0 Å². The number of alkyl halides is 3. The highest BCUT2D eigenvalue weighted by Gasteiger charge is 2.32. The van der Waals surface area contributed by atoms with Gasteiger partial charge in [-0.1, -0.05) is 35.9 Å². The summed E-state index contributed by atoms with van der Waals surface area (Å²) in [5, 5.41) is 3.06. The third-order valence-electron chi connectivity index (χ3n) is 5.02. The van der Waals surface area contributed by atoms with Crippen LogP contribution < -0.4 is 11.1 Å². The molecule has 3 rings (SSSR count). The van der Waals surface area contributed by atoms with E-state index in [-0.39, 0.29) is 34.3 Å². The summed E-state index contributed by atoms with van der Waals surface area (Å²) in [6.07, 6.45) is -3.34. The molecule has 0 bridgehead atoms. The number of aliphatic imine (C=N–C) groups is 1. The molecule has 33 heavy (non-hydrogen) atoms. The largest absolute Gasteiger partial charge is 0.430 e. The zero-order valence-electron chi connectivity index (χ0n) is 17.7. The van der Waals surface area contributed by atoms with Gasteiger partial charge in [0.1, 0.15) is 5.70 Å². The van der Waals surface area contributed by atoms with Gasteiger partial charge in [-0.2, -0.15) is 13.2 Å². The highest BCUT2D eigenvalue weighted by Crippen LogP contribution is 2.27. The number of halogens is 4. The molecule has 0 aromatic heterocycles. The number of carbonyl (C=O) groups excluding carboxylic acids is 2. The molecule has 1 fully saturated rings. The summed E-state index contributed by atoms with van der Waals surface area (Å²) in [6.45, 7) is 2.31. The van der Waals surface area contributed by atoms with E-state index in [1.807, 2.05) is 0 Å². The quantitative estimate of drug-likeness (QED) is 0.631. The number of amides is 2. The smallest absolute Gasteiger partial charge is 0.395 e. The summed E-state index contributed by atoms with van der Waals surface area (Å²) in [6, 6.07) is 12.4. The van der Waals surface area contributed by atoms with Crippen molar-refractivity contribution in [2.24, 2.45) is 10.7 Å². The number of rotatable bonds is 5. The average molecular weight is 479 g/mol. The topological polar surface area (TPSA) is 87.8 Å². The van der Waals surface area contributed by atoms with Gasteiger partial charge in [0.15, 0.2) is 0 Å². The first kappa shape index (κ1) is 24.3. The summed E-state index contributed by atoms with van der Waals surface area (Å²) in [4.78, 5) is 29.9. The maximum absolute atomic E-state index is 13.0. The Bertz CT molecular complexity index is 1100. The molecule has 2 aromatic rings. The summed E-state index contributed by atoms with van der Waals surface area (Å²) in [7, 11) is 0. The fraction of sp³-hybridized carbons (Fsp3) is 0.261. The molecule has 10 heteroatoms. The molecule has 2 amide bonds. The monoisotopic (exact) mass is 478 g/mol. The number of benzene rings is 2. The van der Waals surface area contributed by atoms with Gasteiger partial charge in [-0.3, -0.25) is 9.59 Å². The number of para-hydroxylation sites is 1. The van der Waals surface area contributed by atoms with Crippen LogP contribution in [0.1, 0.15) is 29.3 Å². The first-order valence-corrected chi connectivity index (χ1v) is 10.5. The second-order valence-electron chi connectivity index (χ2n) is 7.56. The molecule has 1 atom stereocenters. The molecule has 0 aliphatic carbocycles. The summed E-state index contributed by atoms with van der Waals surface area (Å²) < 4.78 is 39.1. The maximum Gasteiger partial charge on any atom is 0.430 e. The molecule has 0 radical (unpaired) electrons. The molecule has 1 unspecified atom stereocenters. The van der Waals surface area contributed by atoms with E-state index in [4.69, 9.17) is 17.3 Å². The van der Waals surface area contributed by atoms with E-state index in [1.165, 1.54) is 31.2 Å². The Morgan fingerprint density at radius 2 is 1.79 bits per heavy atom. The minimum absolute atomic E-state index is 0.0520. The van der Waals surface area contributed by atoms with Gasteiger partial charge in [0, 0.05) is 37.2 Å². The van der Waals surface area contributed by atoms with Crippen LogP contribution in [0.25, 0.3) is 0 Å². The van der Waals surface area contributed by atoms with Crippen LogP contribution in [0, 0.1) is 0 Å². The lowest BCUT2D eigenvalue weighted by Gasteiger charge is -2.17. The summed E-state index contributed by atoms with van der Waals surface area (Å²) in [5.74, 6) is -0.389.